The van der Waals surface area contributed by atoms with Crippen LogP contribution in [0.1, 0.15) is 36.8 Å². The number of ether oxygens (including phenoxy) is 2. The predicted octanol–water partition coefficient (Wildman–Crippen LogP) is 4.40. The van der Waals surface area contributed by atoms with Gasteiger partial charge in [0.2, 0.25) is 10.0 Å². The van der Waals surface area contributed by atoms with E-state index >= 15 is 0 Å². The van der Waals surface area contributed by atoms with Gasteiger partial charge in [0, 0.05) is 24.0 Å². The molecular formula is C23H27N3O5S2. The molecule has 1 aromatic heterocycles. The Kier molecular flexibility index (Phi) is 8.43. The van der Waals surface area contributed by atoms with Crippen LogP contribution in [0.3, 0.4) is 0 Å². The maximum absolute atomic E-state index is 12.9. The van der Waals surface area contributed by atoms with Crippen molar-refractivity contribution in [3.63, 3.8) is 0 Å². The first-order valence-electron chi connectivity index (χ1n) is 10.6. The Labute approximate surface area is 198 Å². The highest BCUT2D eigenvalue weighted by Crippen LogP contribution is 2.30. The van der Waals surface area contributed by atoms with Gasteiger partial charge in [0.15, 0.2) is 0 Å². The van der Waals surface area contributed by atoms with Gasteiger partial charge in [0.05, 0.1) is 28.4 Å². The van der Waals surface area contributed by atoms with Crippen LogP contribution >= 0.6 is 11.3 Å². The average Bonchev–Trinajstić information content (AvgIpc) is 3.33. The molecule has 0 bridgehead atoms. The molecule has 3 rings (SSSR count). The highest BCUT2D eigenvalue weighted by Gasteiger charge is 2.23. The summed E-state index contributed by atoms with van der Waals surface area (Å²) in [7, 11) is -3.68. The van der Waals surface area contributed by atoms with Crippen LogP contribution in [0.2, 0.25) is 0 Å². The quantitative estimate of drug-likeness (QED) is 0.429. The molecule has 1 heterocycles. The zero-order chi connectivity index (χ0) is 23.8. The minimum absolute atomic E-state index is 0.0933. The molecule has 0 aliphatic rings. The standard InChI is InChI=1S/C23H27N3O5S2/c1-4-26(5-2)33(28,29)20-11-12-22(30-6-3)21(13-20)25-23(27)17-7-9-19(10-8-17)31-14-18-15-32-16-24-18/h7-13,15-16H,4-6,14H2,1-3H3,(H,25,27). The smallest absolute Gasteiger partial charge is 0.255 e. The number of benzene rings is 2. The molecule has 0 atom stereocenters. The second-order valence-corrected chi connectivity index (χ2v) is 9.58. The summed E-state index contributed by atoms with van der Waals surface area (Å²) in [4.78, 5) is 17.1. The van der Waals surface area contributed by atoms with Crippen LogP contribution < -0.4 is 14.8 Å². The van der Waals surface area contributed by atoms with E-state index < -0.39 is 10.0 Å². The summed E-state index contributed by atoms with van der Waals surface area (Å²) >= 11 is 1.50. The normalized spacial score (nSPS) is 11.4. The summed E-state index contributed by atoms with van der Waals surface area (Å²) in [5.74, 6) is 0.619. The van der Waals surface area contributed by atoms with Gasteiger partial charge in [-0.1, -0.05) is 13.8 Å². The largest absolute Gasteiger partial charge is 0.492 e. The molecule has 10 heteroatoms. The van der Waals surface area contributed by atoms with Crippen molar-refractivity contribution in [1.29, 1.82) is 0 Å². The number of nitrogens with one attached hydrogen (secondary N) is 1. The minimum Gasteiger partial charge on any atom is -0.492 e. The molecule has 0 saturated heterocycles. The Balaban J connectivity index is 1.78. The summed E-state index contributed by atoms with van der Waals surface area (Å²) in [5, 5.41) is 4.69. The number of aromatic nitrogens is 1. The van der Waals surface area contributed by atoms with Crippen LogP contribution in [0, 0.1) is 0 Å². The van der Waals surface area contributed by atoms with E-state index in [-0.39, 0.29) is 10.8 Å². The van der Waals surface area contributed by atoms with Gasteiger partial charge in [0.25, 0.3) is 5.91 Å². The van der Waals surface area contributed by atoms with E-state index in [0.29, 0.717) is 49.1 Å². The summed E-state index contributed by atoms with van der Waals surface area (Å²) in [6.07, 6.45) is 0. The molecule has 0 radical (unpaired) electrons. The number of rotatable bonds is 11. The number of carbonyl (C=O) groups excluding carboxylic acids is 1. The zero-order valence-corrected chi connectivity index (χ0v) is 20.4. The SMILES string of the molecule is CCOc1ccc(S(=O)(=O)N(CC)CC)cc1NC(=O)c1ccc(OCc2cscn2)cc1. The van der Waals surface area contributed by atoms with Crippen molar-refractivity contribution in [1.82, 2.24) is 9.29 Å². The lowest BCUT2D eigenvalue weighted by molar-refractivity contribution is 0.102. The molecule has 8 nitrogen and oxygen atoms in total. The molecule has 1 N–H and O–H groups in total. The van der Waals surface area contributed by atoms with Crippen molar-refractivity contribution in [3.8, 4) is 11.5 Å². The highest BCUT2D eigenvalue weighted by molar-refractivity contribution is 7.89. The van der Waals surface area contributed by atoms with Crippen molar-refractivity contribution in [2.75, 3.05) is 25.0 Å². The molecule has 2 aromatic carbocycles. The summed E-state index contributed by atoms with van der Waals surface area (Å²) in [6.45, 7) is 6.80. The number of hydrogen-bond acceptors (Lipinski definition) is 7. The third-order valence-corrected chi connectivity index (χ3v) is 7.51. The fourth-order valence-corrected chi connectivity index (χ4v) is 5.15. The molecule has 0 fully saturated rings. The van der Waals surface area contributed by atoms with Crippen molar-refractivity contribution >= 4 is 33.0 Å². The third kappa shape index (κ3) is 6.10. The maximum Gasteiger partial charge on any atom is 0.255 e. The van der Waals surface area contributed by atoms with Crippen LogP contribution in [-0.4, -0.2) is 43.3 Å². The first kappa shape index (κ1) is 24.7. The van der Waals surface area contributed by atoms with Gasteiger partial charge in [-0.3, -0.25) is 4.79 Å². The first-order chi connectivity index (χ1) is 15.9. The van der Waals surface area contributed by atoms with E-state index in [2.05, 4.69) is 10.3 Å². The van der Waals surface area contributed by atoms with Crippen LogP contribution in [0.25, 0.3) is 0 Å². The summed E-state index contributed by atoms with van der Waals surface area (Å²) < 4.78 is 38.4. The molecule has 0 spiro atoms. The van der Waals surface area contributed by atoms with E-state index in [1.807, 2.05) is 12.3 Å². The number of nitrogens with zero attached hydrogens (tertiary/aromatic N) is 2. The second-order valence-electron chi connectivity index (χ2n) is 6.93. The number of sulfonamides is 1. The Morgan fingerprint density at radius 3 is 2.39 bits per heavy atom. The Bertz CT molecular complexity index is 1160. The van der Waals surface area contributed by atoms with Crippen molar-refractivity contribution in [2.24, 2.45) is 0 Å². The molecule has 176 valence electrons. The first-order valence-corrected chi connectivity index (χ1v) is 13.0. The topological polar surface area (TPSA) is 97.8 Å². The van der Waals surface area contributed by atoms with Gasteiger partial charge in [-0.05, 0) is 49.4 Å². The molecule has 0 unspecified atom stereocenters. The zero-order valence-electron chi connectivity index (χ0n) is 18.8. The van der Waals surface area contributed by atoms with Crippen molar-refractivity contribution in [2.45, 2.75) is 32.3 Å². The lowest BCUT2D eigenvalue weighted by Crippen LogP contribution is -2.30. The Morgan fingerprint density at radius 2 is 1.79 bits per heavy atom. The highest BCUT2D eigenvalue weighted by atomic mass is 32.2. The number of hydrogen-bond donors (Lipinski definition) is 1. The number of thiazole rings is 1. The van der Waals surface area contributed by atoms with Gasteiger partial charge < -0.3 is 14.8 Å². The van der Waals surface area contributed by atoms with Crippen molar-refractivity contribution < 1.29 is 22.7 Å². The van der Waals surface area contributed by atoms with Gasteiger partial charge in [-0.2, -0.15) is 4.31 Å². The van der Waals surface area contributed by atoms with Crippen LogP contribution in [0.4, 0.5) is 5.69 Å². The van der Waals surface area contributed by atoms with Crippen LogP contribution in [0.15, 0.2) is 58.3 Å². The lowest BCUT2D eigenvalue weighted by Gasteiger charge is -2.20. The summed E-state index contributed by atoms with van der Waals surface area (Å²) in [5.41, 5.74) is 3.27. The molecule has 0 aliphatic heterocycles. The minimum atomic E-state index is -3.68. The number of carbonyl (C=O) groups is 1. The predicted molar refractivity (Wildman–Crippen MR) is 129 cm³/mol. The van der Waals surface area contributed by atoms with Crippen LogP contribution in [0.5, 0.6) is 11.5 Å². The monoisotopic (exact) mass is 489 g/mol. The third-order valence-electron chi connectivity index (χ3n) is 4.83. The molecule has 1 amide bonds. The van der Waals surface area contributed by atoms with E-state index in [0.717, 1.165) is 5.69 Å². The van der Waals surface area contributed by atoms with Gasteiger partial charge in [-0.15, -0.1) is 11.3 Å². The van der Waals surface area contributed by atoms with Gasteiger partial charge in [-0.25, -0.2) is 13.4 Å². The van der Waals surface area contributed by atoms with E-state index in [9.17, 15) is 13.2 Å². The van der Waals surface area contributed by atoms with Crippen molar-refractivity contribution in [3.05, 3.63) is 64.6 Å². The van der Waals surface area contributed by atoms with Crippen LogP contribution in [-0.2, 0) is 16.6 Å². The number of anilines is 1. The van der Waals surface area contributed by atoms with E-state index in [1.54, 1.807) is 49.7 Å². The molecule has 33 heavy (non-hydrogen) atoms. The Hall–Kier alpha value is -2.95. The second kappa shape index (κ2) is 11.3. The lowest BCUT2D eigenvalue weighted by atomic mass is 10.2. The van der Waals surface area contributed by atoms with E-state index in [4.69, 9.17) is 9.47 Å². The van der Waals surface area contributed by atoms with Gasteiger partial charge >= 0.3 is 0 Å². The number of amides is 1. The molecular weight excluding hydrogens is 462 g/mol. The van der Waals surface area contributed by atoms with Gasteiger partial charge in [0.1, 0.15) is 18.1 Å². The fourth-order valence-electron chi connectivity index (χ4n) is 3.12. The molecule has 0 saturated carbocycles. The summed E-state index contributed by atoms with van der Waals surface area (Å²) in [6, 6.07) is 11.2. The molecule has 3 aromatic rings. The average molecular weight is 490 g/mol. The van der Waals surface area contributed by atoms with E-state index in [1.165, 1.54) is 27.8 Å². The Morgan fingerprint density at radius 1 is 1.06 bits per heavy atom. The fraction of sp³-hybridized carbons (Fsp3) is 0.304. The maximum atomic E-state index is 12.9. The molecule has 0 aliphatic carbocycles.